The minimum absolute atomic E-state index is 0.167. The Balaban J connectivity index is 1.84. The predicted octanol–water partition coefficient (Wildman–Crippen LogP) is 2.19. The molecule has 0 atom stereocenters. The molecule has 106 valence electrons. The molecule has 0 bridgehead atoms. The summed E-state index contributed by atoms with van der Waals surface area (Å²) in [5, 5.41) is 3.32. The maximum absolute atomic E-state index is 12.0. The Kier molecular flexibility index (Phi) is 4.47. The largest absolute Gasteiger partial charge is 0.314 e. The van der Waals surface area contributed by atoms with E-state index in [9.17, 15) is 8.42 Å². The van der Waals surface area contributed by atoms with E-state index in [1.165, 1.54) is 12.8 Å². The fourth-order valence-corrected chi connectivity index (χ4v) is 3.19. The summed E-state index contributed by atoms with van der Waals surface area (Å²) in [6.07, 6.45) is 3.11. The van der Waals surface area contributed by atoms with Crippen LogP contribution in [0.25, 0.3) is 0 Å². The lowest BCUT2D eigenvalue weighted by Gasteiger charge is -2.11. The topological polar surface area (TPSA) is 58.2 Å². The van der Waals surface area contributed by atoms with E-state index in [1.807, 2.05) is 32.0 Å². The lowest BCUT2D eigenvalue weighted by atomic mass is 10.1. The second kappa shape index (κ2) is 5.92. The number of hydrogen-bond acceptors (Lipinski definition) is 3. The van der Waals surface area contributed by atoms with E-state index in [0.717, 1.165) is 17.7 Å². The molecular formula is C14H22N2O2S. The van der Waals surface area contributed by atoms with E-state index in [4.69, 9.17) is 0 Å². The number of rotatable bonds is 7. The Morgan fingerprint density at radius 3 is 2.63 bits per heavy atom. The molecule has 0 heterocycles. The van der Waals surface area contributed by atoms with E-state index < -0.39 is 10.0 Å². The van der Waals surface area contributed by atoms with Gasteiger partial charge in [0, 0.05) is 6.04 Å². The lowest BCUT2D eigenvalue weighted by molar-refractivity contribution is 0.593. The third-order valence-corrected chi connectivity index (χ3v) is 4.60. The zero-order valence-electron chi connectivity index (χ0n) is 11.6. The first-order valence-corrected chi connectivity index (χ1v) is 8.43. The molecule has 4 nitrogen and oxygen atoms in total. The number of anilines is 1. The van der Waals surface area contributed by atoms with Gasteiger partial charge in [-0.15, -0.1) is 0 Å². The van der Waals surface area contributed by atoms with Gasteiger partial charge in [0.15, 0.2) is 0 Å². The Hall–Kier alpha value is -1.07. The van der Waals surface area contributed by atoms with Gasteiger partial charge in [-0.3, -0.25) is 4.72 Å². The second-order valence-electron chi connectivity index (χ2n) is 5.32. The van der Waals surface area contributed by atoms with Crippen molar-refractivity contribution < 1.29 is 8.42 Å². The van der Waals surface area contributed by atoms with E-state index in [-0.39, 0.29) is 5.75 Å². The number of aryl methyl sites for hydroxylation is 2. The second-order valence-corrected chi connectivity index (χ2v) is 7.16. The van der Waals surface area contributed by atoms with Gasteiger partial charge >= 0.3 is 0 Å². The Labute approximate surface area is 115 Å². The molecule has 0 unspecified atom stereocenters. The average molecular weight is 282 g/mol. The van der Waals surface area contributed by atoms with Crippen LogP contribution in [0, 0.1) is 13.8 Å². The van der Waals surface area contributed by atoms with Crippen LogP contribution in [0.15, 0.2) is 18.2 Å². The van der Waals surface area contributed by atoms with Crippen LogP contribution in [0.1, 0.15) is 30.4 Å². The molecule has 1 aromatic carbocycles. The zero-order valence-corrected chi connectivity index (χ0v) is 12.4. The molecule has 1 aliphatic carbocycles. The van der Waals surface area contributed by atoms with Crippen molar-refractivity contribution in [1.82, 2.24) is 5.32 Å². The maximum Gasteiger partial charge on any atom is 0.232 e. The van der Waals surface area contributed by atoms with E-state index >= 15 is 0 Å². The van der Waals surface area contributed by atoms with Gasteiger partial charge in [0.1, 0.15) is 0 Å². The van der Waals surface area contributed by atoms with E-state index in [2.05, 4.69) is 10.0 Å². The highest BCUT2D eigenvalue weighted by Gasteiger charge is 2.20. The molecular weight excluding hydrogens is 260 g/mol. The fraction of sp³-hybridized carbons (Fsp3) is 0.571. The Bertz CT molecular complexity index is 536. The number of sulfonamides is 1. The van der Waals surface area contributed by atoms with Crippen LogP contribution in [0.2, 0.25) is 0 Å². The Morgan fingerprint density at radius 2 is 2.00 bits per heavy atom. The Morgan fingerprint density at radius 1 is 1.26 bits per heavy atom. The first-order valence-electron chi connectivity index (χ1n) is 6.77. The van der Waals surface area contributed by atoms with Crippen molar-refractivity contribution in [2.45, 2.75) is 39.2 Å². The SMILES string of the molecule is Cc1ccc(NS(=O)(=O)CCCNC2CC2)c(C)c1. The molecule has 0 saturated heterocycles. The quantitative estimate of drug-likeness (QED) is 0.754. The first-order chi connectivity index (χ1) is 8.96. The minimum Gasteiger partial charge on any atom is -0.314 e. The minimum atomic E-state index is -3.24. The molecule has 0 aliphatic heterocycles. The van der Waals surface area contributed by atoms with Gasteiger partial charge in [-0.05, 0) is 51.3 Å². The average Bonchev–Trinajstić information content (AvgIpc) is 3.12. The molecule has 0 amide bonds. The van der Waals surface area contributed by atoms with Crippen LogP contribution >= 0.6 is 0 Å². The van der Waals surface area contributed by atoms with Crippen LogP contribution < -0.4 is 10.0 Å². The van der Waals surface area contributed by atoms with Crippen LogP contribution in [-0.2, 0) is 10.0 Å². The maximum atomic E-state index is 12.0. The molecule has 0 aromatic heterocycles. The summed E-state index contributed by atoms with van der Waals surface area (Å²) < 4.78 is 26.6. The van der Waals surface area contributed by atoms with Gasteiger partial charge in [-0.2, -0.15) is 0 Å². The molecule has 5 heteroatoms. The fourth-order valence-electron chi connectivity index (χ4n) is 2.00. The van der Waals surface area contributed by atoms with Crippen molar-refractivity contribution in [1.29, 1.82) is 0 Å². The molecule has 2 rings (SSSR count). The monoisotopic (exact) mass is 282 g/mol. The van der Waals surface area contributed by atoms with Crippen LogP contribution in [0.3, 0.4) is 0 Å². The number of hydrogen-bond donors (Lipinski definition) is 2. The summed E-state index contributed by atoms with van der Waals surface area (Å²) in [6, 6.07) is 6.35. The van der Waals surface area contributed by atoms with Crippen molar-refractivity contribution in [3.05, 3.63) is 29.3 Å². The summed E-state index contributed by atoms with van der Waals surface area (Å²) in [5.74, 6) is 0.167. The van der Waals surface area contributed by atoms with Crippen LogP contribution in [0.4, 0.5) is 5.69 Å². The van der Waals surface area contributed by atoms with Crippen molar-refractivity contribution >= 4 is 15.7 Å². The summed E-state index contributed by atoms with van der Waals surface area (Å²) >= 11 is 0. The molecule has 0 spiro atoms. The van der Waals surface area contributed by atoms with E-state index in [0.29, 0.717) is 18.2 Å². The van der Waals surface area contributed by atoms with Crippen molar-refractivity contribution in [2.24, 2.45) is 0 Å². The molecule has 19 heavy (non-hydrogen) atoms. The van der Waals surface area contributed by atoms with Gasteiger partial charge in [0.2, 0.25) is 10.0 Å². The summed E-state index contributed by atoms with van der Waals surface area (Å²) in [4.78, 5) is 0. The van der Waals surface area contributed by atoms with Gasteiger partial charge in [0.05, 0.1) is 11.4 Å². The molecule has 1 aliphatic rings. The zero-order chi connectivity index (χ0) is 13.9. The van der Waals surface area contributed by atoms with Gasteiger partial charge in [0.25, 0.3) is 0 Å². The van der Waals surface area contributed by atoms with Crippen molar-refractivity contribution in [3.8, 4) is 0 Å². The molecule has 1 fully saturated rings. The predicted molar refractivity (Wildman–Crippen MR) is 79.0 cm³/mol. The smallest absolute Gasteiger partial charge is 0.232 e. The summed E-state index contributed by atoms with van der Waals surface area (Å²) in [5.41, 5.74) is 2.77. The highest BCUT2D eigenvalue weighted by Crippen LogP contribution is 2.19. The molecule has 1 saturated carbocycles. The first kappa shape index (κ1) is 14.3. The highest BCUT2D eigenvalue weighted by molar-refractivity contribution is 7.92. The highest BCUT2D eigenvalue weighted by atomic mass is 32.2. The third kappa shape index (κ3) is 4.84. The molecule has 0 radical (unpaired) electrons. The van der Waals surface area contributed by atoms with E-state index in [1.54, 1.807) is 0 Å². The number of nitrogens with one attached hydrogen (secondary N) is 2. The summed E-state index contributed by atoms with van der Waals surface area (Å²) in [7, 11) is -3.24. The van der Waals surface area contributed by atoms with Crippen LogP contribution in [0.5, 0.6) is 0 Å². The molecule has 2 N–H and O–H groups in total. The standard InChI is InChI=1S/C14H22N2O2S/c1-11-4-7-14(12(2)10-11)16-19(17,18)9-3-8-15-13-5-6-13/h4,7,10,13,15-16H,3,5-6,8-9H2,1-2H3. The molecule has 1 aromatic rings. The van der Waals surface area contributed by atoms with Gasteiger partial charge in [-0.1, -0.05) is 17.7 Å². The normalized spacial score (nSPS) is 15.5. The van der Waals surface area contributed by atoms with Crippen LogP contribution in [-0.4, -0.2) is 26.8 Å². The van der Waals surface area contributed by atoms with Gasteiger partial charge in [-0.25, -0.2) is 8.42 Å². The summed E-state index contributed by atoms with van der Waals surface area (Å²) in [6.45, 7) is 4.69. The van der Waals surface area contributed by atoms with Crippen molar-refractivity contribution in [2.75, 3.05) is 17.0 Å². The third-order valence-electron chi connectivity index (χ3n) is 3.25. The number of benzene rings is 1. The van der Waals surface area contributed by atoms with Crippen molar-refractivity contribution in [3.63, 3.8) is 0 Å². The lowest BCUT2D eigenvalue weighted by Crippen LogP contribution is -2.23. The van der Waals surface area contributed by atoms with Gasteiger partial charge < -0.3 is 5.32 Å².